The molecule has 17 heavy (non-hydrogen) atoms. The first-order chi connectivity index (χ1) is 8.24. The van der Waals surface area contributed by atoms with E-state index in [9.17, 15) is 5.11 Å². The Morgan fingerprint density at radius 3 is 2.94 bits per heavy atom. The van der Waals surface area contributed by atoms with E-state index in [4.69, 9.17) is 4.74 Å². The van der Waals surface area contributed by atoms with Crippen LogP contribution in [-0.4, -0.2) is 43.4 Å². The van der Waals surface area contributed by atoms with Gasteiger partial charge in [-0.05, 0) is 31.0 Å². The minimum Gasteiger partial charge on any atom is -0.387 e. The largest absolute Gasteiger partial charge is 0.387 e. The second kappa shape index (κ2) is 5.63. The molecule has 2 atom stereocenters. The van der Waals surface area contributed by atoms with Crippen LogP contribution in [0.4, 0.5) is 0 Å². The third-order valence-corrected chi connectivity index (χ3v) is 3.66. The number of likely N-dealkylation sites (N-methyl/N-ethyl adjacent to an activating group) is 1. The minimum atomic E-state index is -0.373. The van der Waals surface area contributed by atoms with Crippen molar-refractivity contribution in [3.05, 3.63) is 35.4 Å². The third-order valence-electron chi connectivity index (χ3n) is 3.66. The number of nitrogens with zero attached hydrogens (tertiary/aromatic N) is 1. The van der Waals surface area contributed by atoms with E-state index in [1.54, 1.807) is 7.11 Å². The van der Waals surface area contributed by atoms with Gasteiger partial charge < -0.3 is 9.84 Å². The quantitative estimate of drug-likeness (QED) is 0.860. The van der Waals surface area contributed by atoms with Gasteiger partial charge in [0.15, 0.2) is 0 Å². The molecule has 0 saturated carbocycles. The molecule has 0 fully saturated rings. The predicted molar refractivity (Wildman–Crippen MR) is 68.0 cm³/mol. The zero-order valence-electron chi connectivity index (χ0n) is 10.6. The fraction of sp³-hybridized carbons (Fsp3) is 0.571. The molecule has 2 rings (SSSR count). The van der Waals surface area contributed by atoms with Crippen LogP contribution >= 0.6 is 0 Å². The van der Waals surface area contributed by atoms with Gasteiger partial charge in [-0.25, -0.2) is 0 Å². The number of aliphatic hydroxyl groups is 1. The average molecular weight is 235 g/mol. The van der Waals surface area contributed by atoms with Crippen molar-refractivity contribution in [3.8, 4) is 0 Å². The molecule has 1 aromatic carbocycles. The molecule has 3 heteroatoms. The van der Waals surface area contributed by atoms with Gasteiger partial charge in [0.2, 0.25) is 0 Å². The molecule has 94 valence electrons. The van der Waals surface area contributed by atoms with Gasteiger partial charge in [0.1, 0.15) is 0 Å². The molecule has 1 aromatic rings. The molecule has 0 amide bonds. The van der Waals surface area contributed by atoms with Crippen LogP contribution in [0.5, 0.6) is 0 Å². The maximum Gasteiger partial charge on any atom is 0.0947 e. The SMILES string of the molecule is COCCN(C)C1CCc2ccccc2C1O. The first-order valence-electron chi connectivity index (χ1n) is 6.19. The zero-order chi connectivity index (χ0) is 12.3. The summed E-state index contributed by atoms with van der Waals surface area (Å²) in [6.45, 7) is 1.57. The Morgan fingerprint density at radius 1 is 1.41 bits per heavy atom. The van der Waals surface area contributed by atoms with Crippen LogP contribution in [-0.2, 0) is 11.2 Å². The molecule has 0 aromatic heterocycles. The van der Waals surface area contributed by atoms with Crippen molar-refractivity contribution in [1.29, 1.82) is 0 Å². The molecule has 0 heterocycles. The van der Waals surface area contributed by atoms with Crippen molar-refractivity contribution in [2.24, 2.45) is 0 Å². The van der Waals surface area contributed by atoms with Crippen LogP contribution in [0, 0.1) is 0 Å². The maximum atomic E-state index is 10.4. The summed E-state index contributed by atoms with van der Waals surface area (Å²) in [7, 11) is 3.77. The van der Waals surface area contributed by atoms with Gasteiger partial charge in [0.05, 0.1) is 12.7 Å². The lowest BCUT2D eigenvalue weighted by Crippen LogP contribution is -2.41. The number of aliphatic hydroxyl groups excluding tert-OH is 1. The van der Waals surface area contributed by atoms with Gasteiger partial charge in [-0.1, -0.05) is 24.3 Å². The summed E-state index contributed by atoms with van der Waals surface area (Å²) in [6, 6.07) is 8.40. The Balaban J connectivity index is 2.08. The molecule has 0 spiro atoms. The second-order valence-electron chi connectivity index (χ2n) is 4.72. The molecule has 3 nitrogen and oxygen atoms in total. The summed E-state index contributed by atoms with van der Waals surface area (Å²) in [4.78, 5) is 2.20. The fourth-order valence-corrected chi connectivity index (χ4v) is 2.58. The number of methoxy groups -OCH3 is 1. The molecular weight excluding hydrogens is 214 g/mol. The Bertz CT molecular complexity index is 367. The Labute approximate surface area is 103 Å². The first-order valence-corrected chi connectivity index (χ1v) is 6.19. The monoisotopic (exact) mass is 235 g/mol. The van der Waals surface area contributed by atoms with Crippen molar-refractivity contribution in [1.82, 2.24) is 4.90 Å². The van der Waals surface area contributed by atoms with Gasteiger partial charge >= 0.3 is 0 Å². The number of ether oxygens (including phenoxy) is 1. The molecule has 0 radical (unpaired) electrons. The number of hydrogen-bond donors (Lipinski definition) is 1. The predicted octanol–water partition coefficient (Wildman–Crippen LogP) is 1.61. The Kier molecular flexibility index (Phi) is 4.15. The fourth-order valence-electron chi connectivity index (χ4n) is 2.58. The van der Waals surface area contributed by atoms with Crippen LogP contribution in [0.3, 0.4) is 0 Å². The van der Waals surface area contributed by atoms with Crippen LogP contribution < -0.4 is 0 Å². The summed E-state index contributed by atoms with van der Waals surface area (Å²) in [5, 5.41) is 10.4. The van der Waals surface area contributed by atoms with Gasteiger partial charge in [-0.2, -0.15) is 0 Å². The number of rotatable bonds is 4. The van der Waals surface area contributed by atoms with Gasteiger partial charge in [-0.15, -0.1) is 0 Å². The summed E-state index contributed by atoms with van der Waals surface area (Å²) >= 11 is 0. The van der Waals surface area contributed by atoms with Gasteiger partial charge in [0.25, 0.3) is 0 Å². The van der Waals surface area contributed by atoms with Crippen LogP contribution in [0.1, 0.15) is 23.7 Å². The van der Waals surface area contributed by atoms with E-state index in [-0.39, 0.29) is 12.1 Å². The number of benzene rings is 1. The normalized spacial score (nSPS) is 23.8. The van der Waals surface area contributed by atoms with Crippen molar-refractivity contribution in [2.75, 3.05) is 27.3 Å². The van der Waals surface area contributed by atoms with Crippen molar-refractivity contribution in [3.63, 3.8) is 0 Å². The number of aryl methyl sites for hydroxylation is 1. The molecule has 1 aliphatic carbocycles. The smallest absolute Gasteiger partial charge is 0.0947 e. The van der Waals surface area contributed by atoms with Crippen molar-refractivity contribution < 1.29 is 9.84 Å². The summed E-state index contributed by atoms with van der Waals surface area (Å²) in [5.41, 5.74) is 2.38. The first kappa shape index (κ1) is 12.6. The van der Waals surface area contributed by atoms with Gasteiger partial charge in [-0.3, -0.25) is 4.90 Å². The van der Waals surface area contributed by atoms with E-state index < -0.39 is 0 Å². The molecule has 0 bridgehead atoms. The third kappa shape index (κ3) is 2.68. The molecule has 0 aliphatic heterocycles. The Hall–Kier alpha value is -0.900. The van der Waals surface area contributed by atoms with Crippen LogP contribution in [0.25, 0.3) is 0 Å². The summed E-state index contributed by atoms with van der Waals surface area (Å²) in [6.07, 6.45) is 1.69. The highest BCUT2D eigenvalue weighted by Gasteiger charge is 2.30. The minimum absolute atomic E-state index is 0.208. The van der Waals surface area contributed by atoms with Crippen molar-refractivity contribution in [2.45, 2.75) is 25.0 Å². The topological polar surface area (TPSA) is 32.7 Å². The van der Waals surface area contributed by atoms with Crippen molar-refractivity contribution >= 4 is 0 Å². The highest BCUT2D eigenvalue weighted by atomic mass is 16.5. The lowest BCUT2D eigenvalue weighted by atomic mass is 9.85. The average Bonchev–Trinajstić information content (AvgIpc) is 2.37. The Morgan fingerprint density at radius 2 is 2.18 bits per heavy atom. The van der Waals surface area contributed by atoms with Gasteiger partial charge in [0, 0.05) is 19.7 Å². The van der Waals surface area contributed by atoms with E-state index in [2.05, 4.69) is 18.0 Å². The summed E-state index contributed by atoms with van der Waals surface area (Å²) < 4.78 is 5.08. The van der Waals surface area contributed by atoms with E-state index >= 15 is 0 Å². The zero-order valence-corrected chi connectivity index (χ0v) is 10.6. The van der Waals surface area contributed by atoms with E-state index in [1.807, 2.05) is 18.2 Å². The molecular formula is C14H21NO2. The molecule has 2 unspecified atom stereocenters. The number of fused-ring (bicyclic) bond motifs is 1. The van der Waals surface area contributed by atoms with E-state index in [0.29, 0.717) is 6.61 Å². The van der Waals surface area contributed by atoms with E-state index in [1.165, 1.54) is 5.56 Å². The summed E-state index contributed by atoms with van der Waals surface area (Å²) in [5.74, 6) is 0. The second-order valence-corrected chi connectivity index (χ2v) is 4.72. The lowest BCUT2D eigenvalue weighted by molar-refractivity contribution is 0.0369. The van der Waals surface area contributed by atoms with Crippen LogP contribution in [0.15, 0.2) is 24.3 Å². The van der Waals surface area contributed by atoms with E-state index in [0.717, 1.165) is 24.9 Å². The van der Waals surface area contributed by atoms with Crippen LogP contribution in [0.2, 0.25) is 0 Å². The lowest BCUT2D eigenvalue weighted by Gasteiger charge is -2.36. The molecule has 1 N–H and O–H groups in total. The maximum absolute atomic E-state index is 10.4. The highest BCUT2D eigenvalue weighted by molar-refractivity contribution is 5.32. The highest BCUT2D eigenvalue weighted by Crippen LogP contribution is 2.32. The molecule has 1 aliphatic rings. The number of hydrogen-bond acceptors (Lipinski definition) is 3. The molecule has 0 saturated heterocycles. The standard InChI is InChI=1S/C14H21NO2/c1-15(9-10-17-2)13-8-7-11-5-3-4-6-12(11)14(13)16/h3-6,13-14,16H,7-10H2,1-2H3.